The molecule has 11 heteroatoms. The van der Waals surface area contributed by atoms with Crippen molar-refractivity contribution in [1.29, 1.82) is 0 Å². The van der Waals surface area contributed by atoms with Crippen molar-refractivity contribution in [3.63, 3.8) is 0 Å². The van der Waals surface area contributed by atoms with Crippen molar-refractivity contribution in [2.45, 2.75) is 19.4 Å². The van der Waals surface area contributed by atoms with E-state index < -0.39 is 5.60 Å². The van der Waals surface area contributed by atoms with Crippen LogP contribution in [0.4, 0.5) is 11.5 Å². The number of anilines is 2. The van der Waals surface area contributed by atoms with Crippen LogP contribution in [0.5, 0.6) is 0 Å². The Morgan fingerprint density at radius 3 is 2.58 bits per heavy atom. The zero-order valence-corrected chi connectivity index (χ0v) is 18.9. The van der Waals surface area contributed by atoms with Crippen LogP contribution in [0.3, 0.4) is 0 Å². The third kappa shape index (κ3) is 3.80. The van der Waals surface area contributed by atoms with Gasteiger partial charge in [0.2, 0.25) is 5.82 Å². The number of aliphatic hydroxyl groups is 1. The molecule has 0 aliphatic heterocycles. The van der Waals surface area contributed by atoms with E-state index in [1.807, 2.05) is 0 Å². The van der Waals surface area contributed by atoms with Crippen LogP contribution in [0.25, 0.3) is 33.1 Å². The van der Waals surface area contributed by atoms with Gasteiger partial charge in [-0.25, -0.2) is 4.98 Å². The highest BCUT2D eigenvalue weighted by Gasteiger charge is 2.25. The van der Waals surface area contributed by atoms with Crippen molar-refractivity contribution >= 4 is 56.4 Å². The first-order valence-corrected chi connectivity index (χ1v) is 10.6. The molecule has 0 bridgehead atoms. The number of aromatic amines is 1. The van der Waals surface area contributed by atoms with Crippen LogP contribution in [0.1, 0.15) is 19.7 Å². The average Bonchev–Trinajstić information content (AvgIpc) is 3.27. The van der Waals surface area contributed by atoms with E-state index in [0.717, 1.165) is 0 Å². The number of H-pyrrole nitrogens is 1. The Balaban J connectivity index is 1.61. The lowest BCUT2D eigenvalue weighted by Crippen LogP contribution is -2.15. The largest absolute Gasteiger partial charge is 0.381 e. The lowest BCUT2D eigenvalue weighted by molar-refractivity contribution is 0.0420. The first-order chi connectivity index (χ1) is 15.7. The molecule has 3 N–H and O–H groups in total. The Morgan fingerprint density at radius 1 is 1.12 bits per heavy atom. The lowest BCUT2D eigenvalue weighted by Gasteiger charge is -2.14. The van der Waals surface area contributed by atoms with E-state index in [4.69, 9.17) is 27.7 Å². The zero-order valence-electron chi connectivity index (χ0n) is 17.3. The first-order valence-electron chi connectivity index (χ1n) is 9.80. The van der Waals surface area contributed by atoms with Crippen molar-refractivity contribution in [2.75, 3.05) is 5.32 Å². The molecule has 0 aliphatic rings. The van der Waals surface area contributed by atoms with E-state index in [1.165, 1.54) is 0 Å². The molecular formula is C22H16Cl2N6O3. The molecule has 0 fully saturated rings. The quantitative estimate of drug-likeness (QED) is 0.311. The highest BCUT2D eigenvalue weighted by Crippen LogP contribution is 2.38. The minimum absolute atomic E-state index is 0.0680. The number of rotatable bonds is 4. The smallest absolute Gasteiger partial charge is 0.258 e. The standard InChI is InChI=1S/C22H16Cl2N6O3/c1-22(2,32)21-29-18(30-33-21)10-7-13(23)17(14(24)8-10)28-19-11-3-6-26-20(31)16(11)12-9-25-5-4-15(12)27-19/h3-9,32H,1-2H3,(H,26,31)(H,27,28). The summed E-state index contributed by atoms with van der Waals surface area (Å²) in [6, 6.07) is 6.70. The summed E-state index contributed by atoms with van der Waals surface area (Å²) in [4.78, 5) is 28.2. The summed E-state index contributed by atoms with van der Waals surface area (Å²) >= 11 is 13.1. The SMILES string of the molecule is CC(C)(O)c1nc(-c2cc(Cl)c(Nc3nc4ccncc4c4c(=O)[nH]ccc34)c(Cl)c2)no1. The molecule has 0 saturated heterocycles. The molecule has 5 rings (SSSR count). The Kier molecular flexibility index (Phi) is 5.04. The molecule has 4 heterocycles. The maximum Gasteiger partial charge on any atom is 0.258 e. The van der Waals surface area contributed by atoms with Crippen molar-refractivity contribution in [1.82, 2.24) is 25.1 Å². The monoisotopic (exact) mass is 482 g/mol. The molecule has 0 spiro atoms. The van der Waals surface area contributed by atoms with Gasteiger partial charge in [0, 0.05) is 34.9 Å². The van der Waals surface area contributed by atoms with E-state index in [2.05, 4.69) is 30.4 Å². The van der Waals surface area contributed by atoms with E-state index in [9.17, 15) is 9.90 Å². The van der Waals surface area contributed by atoms with Gasteiger partial charge in [-0.15, -0.1) is 0 Å². The minimum Gasteiger partial charge on any atom is -0.381 e. The minimum atomic E-state index is -1.28. The fourth-order valence-corrected chi connectivity index (χ4v) is 4.01. The molecule has 0 aliphatic carbocycles. The van der Waals surface area contributed by atoms with Crippen LogP contribution < -0.4 is 10.9 Å². The molecule has 0 amide bonds. The van der Waals surface area contributed by atoms with Gasteiger partial charge in [0.05, 0.1) is 26.6 Å². The number of aromatic nitrogens is 5. The van der Waals surface area contributed by atoms with Gasteiger partial charge in [-0.1, -0.05) is 28.4 Å². The first kappa shape index (κ1) is 21.3. The summed E-state index contributed by atoms with van der Waals surface area (Å²) in [5, 5.41) is 19.3. The molecule has 33 heavy (non-hydrogen) atoms. The fraction of sp³-hybridized carbons (Fsp3) is 0.136. The molecule has 9 nitrogen and oxygen atoms in total. The second-order valence-electron chi connectivity index (χ2n) is 7.87. The van der Waals surface area contributed by atoms with Crippen LogP contribution >= 0.6 is 23.2 Å². The maximum absolute atomic E-state index is 12.6. The van der Waals surface area contributed by atoms with Crippen LogP contribution in [0.2, 0.25) is 10.0 Å². The molecule has 5 aromatic rings. The molecule has 0 unspecified atom stereocenters. The van der Waals surface area contributed by atoms with Crippen molar-refractivity contribution in [2.24, 2.45) is 0 Å². The Hall–Kier alpha value is -3.53. The molecule has 0 atom stereocenters. The van der Waals surface area contributed by atoms with Crippen molar-refractivity contribution in [3.8, 4) is 11.4 Å². The summed E-state index contributed by atoms with van der Waals surface area (Å²) in [6.45, 7) is 3.08. The second kappa shape index (κ2) is 7.80. The molecule has 166 valence electrons. The average molecular weight is 483 g/mol. The fourth-order valence-electron chi connectivity index (χ4n) is 3.43. The van der Waals surface area contributed by atoms with Crippen LogP contribution in [0, 0.1) is 0 Å². The highest BCUT2D eigenvalue weighted by atomic mass is 35.5. The van der Waals surface area contributed by atoms with Crippen LogP contribution in [0.15, 0.2) is 52.2 Å². The number of halogens is 2. The number of fused-ring (bicyclic) bond motifs is 3. The van der Waals surface area contributed by atoms with Gasteiger partial charge < -0.3 is 19.9 Å². The Morgan fingerprint density at radius 2 is 1.88 bits per heavy atom. The van der Waals surface area contributed by atoms with E-state index in [-0.39, 0.29) is 27.3 Å². The van der Waals surface area contributed by atoms with Gasteiger partial charge in [-0.3, -0.25) is 9.78 Å². The normalized spacial score (nSPS) is 11.9. The van der Waals surface area contributed by atoms with Gasteiger partial charge in [0.1, 0.15) is 11.4 Å². The third-order valence-corrected chi connectivity index (χ3v) is 5.60. The number of nitrogens with one attached hydrogen (secondary N) is 2. The molecule has 1 aromatic carbocycles. The molecule has 4 aromatic heterocycles. The van der Waals surface area contributed by atoms with Crippen molar-refractivity contribution in [3.05, 3.63) is 69.1 Å². The summed E-state index contributed by atoms with van der Waals surface area (Å²) in [7, 11) is 0. The van der Waals surface area contributed by atoms with Gasteiger partial charge in [-0.05, 0) is 38.1 Å². The summed E-state index contributed by atoms with van der Waals surface area (Å²) in [5.41, 5.74) is -0.0459. The number of hydrogen-bond donors (Lipinski definition) is 3. The summed E-state index contributed by atoms with van der Waals surface area (Å²) < 4.78 is 5.13. The number of benzene rings is 1. The maximum atomic E-state index is 12.6. The Labute approximate surface area is 196 Å². The summed E-state index contributed by atoms with van der Waals surface area (Å²) in [6.07, 6.45) is 4.75. The highest BCUT2D eigenvalue weighted by molar-refractivity contribution is 6.39. The Bertz CT molecular complexity index is 1570. The number of pyridine rings is 3. The van der Waals surface area contributed by atoms with E-state index >= 15 is 0 Å². The van der Waals surface area contributed by atoms with Gasteiger partial charge in [0.25, 0.3) is 11.4 Å². The topological polar surface area (TPSA) is 130 Å². The third-order valence-electron chi connectivity index (χ3n) is 5.01. The van der Waals surface area contributed by atoms with Gasteiger partial charge in [-0.2, -0.15) is 4.98 Å². The predicted molar refractivity (Wildman–Crippen MR) is 126 cm³/mol. The van der Waals surface area contributed by atoms with Crippen molar-refractivity contribution < 1.29 is 9.63 Å². The van der Waals surface area contributed by atoms with Crippen LogP contribution in [-0.4, -0.2) is 30.2 Å². The number of nitrogens with zero attached hydrogens (tertiary/aromatic N) is 4. The summed E-state index contributed by atoms with van der Waals surface area (Å²) in [5.74, 6) is 0.713. The lowest BCUT2D eigenvalue weighted by atomic mass is 10.1. The molecular weight excluding hydrogens is 467 g/mol. The van der Waals surface area contributed by atoms with E-state index in [1.54, 1.807) is 56.7 Å². The second-order valence-corrected chi connectivity index (χ2v) is 8.69. The van der Waals surface area contributed by atoms with Gasteiger partial charge in [0.15, 0.2) is 0 Å². The number of hydrogen-bond acceptors (Lipinski definition) is 8. The van der Waals surface area contributed by atoms with Gasteiger partial charge >= 0.3 is 0 Å². The molecule has 0 saturated carbocycles. The van der Waals surface area contributed by atoms with Crippen LogP contribution in [-0.2, 0) is 5.60 Å². The predicted octanol–water partition coefficient (Wildman–Crippen LogP) is 4.80. The molecule has 0 radical (unpaired) electrons. The van der Waals surface area contributed by atoms with E-state index in [0.29, 0.717) is 38.7 Å². The zero-order chi connectivity index (χ0) is 23.3.